The van der Waals surface area contributed by atoms with Gasteiger partial charge in [0.2, 0.25) is 0 Å². The van der Waals surface area contributed by atoms with Crippen molar-refractivity contribution in [3.63, 3.8) is 0 Å². The van der Waals surface area contributed by atoms with Crippen LogP contribution in [0.2, 0.25) is 0 Å². The topological polar surface area (TPSA) is 83.6 Å². The van der Waals surface area contributed by atoms with E-state index in [-0.39, 0.29) is 12.0 Å². The zero-order valence-electron chi connectivity index (χ0n) is 16.2. The molecule has 0 saturated carbocycles. The number of ether oxygens (including phenoxy) is 1. The van der Waals surface area contributed by atoms with Gasteiger partial charge in [0.1, 0.15) is 16.1 Å². The van der Waals surface area contributed by atoms with Crippen LogP contribution in [-0.2, 0) is 4.74 Å². The highest BCUT2D eigenvalue weighted by molar-refractivity contribution is 7.18. The highest BCUT2D eigenvalue weighted by Gasteiger charge is 2.43. The predicted octanol–water partition coefficient (Wildman–Crippen LogP) is 3.69. The Balaban J connectivity index is 1.57. The van der Waals surface area contributed by atoms with E-state index in [2.05, 4.69) is 15.6 Å². The Kier molecular flexibility index (Phi) is 4.53. The summed E-state index contributed by atoms with van der Waals surface area (Å²) >= 11 is 1.45. The Bertz CT molecular complexity index is 906. The molecular weight excluding hydrogens is 376 g/mol. The molecule has 0 bridgehead atoms. The van der Waals surface area contributed by atoms with Crippen LogP contribution in [-0.4, -0.2) is 46.2 Å². The fourth-order valence-corrected chi connectivity index (χ4v) is 4.63. The number of rotatable bonds is 1. The first-order valence-corrected chi connectivity index (χ1v) is 10.2. The molecule has 2 aliphatic rings. The van der Waals surface area contributed by atoms with Crippen molar-refractivity contribution in [1.82, 2.24) is 15.2 Å². The Morgan fingerprint density at radius 1 is 1.29 bits per heavy atom. The number of aromatic nitrogens is 1. The van der Waals surface area contributed by atoms with Crippen LogP contribution in [0.5, 0.6) is 0 Å². The van der Waals surface area contributed by atoms with Gasteiger partial charge in [-0.15, -0.1) is 11.3 Å². The van der Waals surface area contributed by atoms with Gasteiger partial charge >= 0.3 is 6.09 Å². The number of piperidine rings is 1. The molecule has 2 aliphatic heterocycles. The largest absolute Gasteiger partial charge is 0.444 e. The van der Waals surface area contributed by atoms with Crippen LogP contribution < -0.4 is 10.6 Å². The number of nitrogens with one attached hydrogen (secondary N) is 2. The summed E-state index contributed by atoms with van der Waals surface area (Å²) in [5.74, 6) is -0.106. The number of amides is 2. The third-order valence-electron chi connectivity index (χ3n) is 4.77. The van der Waals surface area contributed by atoms with Crippen molar-refractivity contribution >= 4 is 29.0 Å². The number of likely N-dealkylation sites (tertiary alicyclic amines) is 1. The van der Waals surface area contributed by atoms with Gasteiger partial charge in [0, 0.05) is 23.8 Å². The SMILES string of the molecule is CC(C)(C)OC(=O)N1CCCC2(C1)NC(=O)c1sc(-c3ccncc3)cc1N2. The van der Waals surface area contributed by atoms with Crippen LogP contribution in [0.4, 0.5) is 10.5 Å². The van der Waals surface area contributed by atoms with Crippen LogP contribution >= 0.6 is 11.3 Å². The average Bonchev–Trinajstić information content (AvgIpc) is 3.05. The molecule has 8 heteroatoms. The zero-order chi connectivity index (χ0) is 19.9. The molecular formula is C20H24N4O3S. The number of hydrogen-bond donors (Lipinski definition) is 2. The van der Waals surface area contributed by atoms with E-state index in [4.69, 9.17) is 4.74 Å². The summed E-state index contributed by atoms with van der Waals surface area (Å²) in [5, 5.41) is 6.59. The molecule has 7 nitrogen and oxygen atoms in total. The summed E-state index contributed by atoms with van der Waals surface area (Å²) in [7, 11) is 0. The van der Waals surface area contributed by atoms with Crippen molar-refractivity contribution in [3.05, 3.63) is 35.5 Å². The number of hydrogen-bond acceptors (Lipinski definition) is 6. The molecule has 1 spiro atoms. The van der Waals surface area contributed by atoms with Crippen molar-refractivity contribution in [2.75, 3.05) is 18.4 Å². The molecule has 0 aromatic carbocycles. The first-order chi connectivity index (χ1) is 13.2. The van der Waals surface area contributed by atoms with Gasteiger partial charge in [0.15, 0.2) is 0 Å². The maximum absolute atomic E-state index is 12.8. The molecule has 28 heavy (non-hydrogen) atoms. The number of pyridine rings is 1. The van der Waals surface area contributed by atoms with E-state index >= 15 is 0 Å². The number of carbonyl (C=O) groups excluding carboxylic acids is 2. The van der Waals surface area contributed by atoms with E-state index in [0.717, 1.165) is 29.0 Å². The number of fused-ring (bicyclic) bond motifs is 1. The minimum absolute atomic E-state index is 0.106. The summed E-state index contributed by atoms with van der Waals surface area (Å²) in [5.41, 5.74) is 0.615. The summed E-state index contributed by atoms with van der Waals surface area (Å²) < 4.78 is 5.51. The van der Waals surface area contributed by atoms with Gasteiger partial charge in [-0.2, -0.15) is 0 Å². The number of nitrogens with zero attached hydrogens (tertiary/aromatic N) is 2. The molecule has 1 fully saturated rings. The lowest BCUT2D eigenvalue weighted by Gasteiger charge is -2.46. The fraction of sp³-hybridized carbons (Fsp3) is 0.450. The summed E-state index contributed by atoms with van der Waals surface area (Å²) in [6.07, 6.45) is 4.66. The molecule has 1 unspecified atom stereocenters. The van der Waals surface area contributed by atoms with Gasteiger partial charge in [-0.05, 0) is 57.4 Å². The van der Waals surface area contributed by atoms with Gasteiger partial charge in [0.05, 0.1) is 12.2 Å². The lowest BCUT2D eigenvalue weighted by molar-refractivity contribution is 0.0127. The van der Waals surface area contributed by atoms with E-state index in [0.29, 0.717) is 18.0 Å². The van der Waals surface area contributed by atoms with Crippen LogP contribution in [0, 0.1) is 0 Å². The lowest BCUT2D eigenvalue weighted by Crippen LogP contribution is -2.66. The van der Waals surface area contributed by atoms with Crippen LogP contribution in [0.15, 0.2) is 30.6 Å². The van der Waals surface area contributed by atoms with Gasteiger partial charge in [0.25, 0.3) is 5.91 Å². The Morgan fingerprint density at radius 2 is 2.04 bits per heavy atom. The van der Waals surface area contributed by atoms with Crippen LogP contribution in [0.25, 0.3) is 10.4 Å². The van der Waals surface area contributed by atoms with Gasteiger partial charge < -0.3 is 20.3 Å². The second kappa shape index (κ2) is 6.77. The second-order valence-corrected chi connectivity index (χ2v) is 9.31. The lowest BCUT2D eigenvalue weighted by atomic mass is 9.95. The standard InChI is InChI=1S/C20H24N4O3S/c1-19(2,3)27-18(26)24-10-4-7-20(12-24)22-14-11-15(13-5-8-21-9-6-13)28-16(14)17(25)23-20/h5-6,8-9,11,22H,4,7,10,12H2,1-3H3,(H,23,25). The number of thiophene rings is 1. The molecule has 0 radical (unpaired) electrons. The monoisotopic (exact) mass is 400 g/mol. The van der Waals surface area contributed by atoms with E-state index in [1.54, 1.807) is 17.3 Å². The summed E-state index contributed by atoms with van der Waals surface area (Å²) in [6, 6.07) is 5.86. The van der Waals surface area contributed by atoms with Crippen molar-refractivity contribution in [2.45, 2.75) is 44.9 Å². The molecule has 4 heterocycles. The molecule has 1 atom stereocenters. The first-order valence-electron chi connectivity index (χ1n) is 9.38. The van der Waals surface area contributed by atoms with Gasteiger partial charge in [-0.3, -0.25) is 9.78 Å². The average molecular weight is 401 g/mol. The minimum Gasteiger partial charge on any atom is -0.444 e. The van der Waals surface area contributed by atoms with E-state index in [1.165, 1.54) is 11.3 Å². The number of anilines is 1. The predicted molar refractivity (Wildman–Crippen MR) is 108 cm³/mol. The highest BCUT2D eigenvalue weighted by Crippen LogP contribution is 2.39. The fourth-order valence-electron chi connectivity index (χ4n) is 3.62. The smallest absolute Gasteiger partial charge is 0.410 e. The molecule has 148 valence electrons. The van der Waals surface area contributed by atoms with Gasteiger partial charge in [-0.25, -0.2) is 4.79 Å². The van der Waals surface area contributed by atoms with E-state index in [1.807, 2.05) is 39.0 Å². The van der Waals surface area contributed by atoms with Gasteiger partial charge in [-0.1, -0.05) is 0 Å². The molecule has 1 saturated heterocycles. The third-order valence-corrected chi connectivity index (χ3v) is 5.96. The van der Waals surface area contributed by atoms with E-state index < -0.39 is 11.3 Å². The van der Waals surface area contributed by atoms with Crippen molar-refractivity contribution in [2.24, 2.45) is 0 Å². The Morgan fingerprint density at radius 3 is 2.75 bits per heavy atom. The Hall–Kier alpha value is -2.61. The van der Waals surface area contributed by atoms with Crippen molar-refractivity contribution in [3.8, 4) is 10.4 Å². The maximum Gasteiger partial charge on any atom is 0.410 e. The third kappa shape index (κ3) is 3.69. The molecule has 4 rings (SSSR count). The van der Waals surface area contributed by atoms with Crippen LogP contribution in [0.3, 0.4) is 0 Å². The molecule has 2 aromatic rings. The molecule has 2 aromatic heterocycles. The molecule has 2 amide bonds. The highest BCUT2D eigenvalue weighted by atomic mass is 32.1. The maximum atomic E-state index is 12.8. The van der Waals surface area contributed by atoms with E-state index in [9.17, 15) is 9.59 Å². The molecule has 0 aliphatic carbocycles. The van der Waals surface area contributed by atoms with Crippen molar-refractivity contribution in [1.29, 1.82) is 0 Å². The quantitative estimate of drug-likeness (QED) is 0.763. The first kappa shape index (κ1) is 18.7. The number of carbonyl (C=O) groups is 2. The minimum atomic E-state index is -0.671. The Labute approximate surface area is 168 Å². The van der Waals surface area contributed by atoms with Crippen LogP contribution in [0.1, 0.15) is 43.3 Å². The second-order valence-electron chi connectivity index (χ2n) is 8.26. The summed E-state index contributed by atoms with van der Waals surface area (Å²) in [4.78, 5) is 32.7. The normalized spacial score (nSPS) is 21.7. The summed E-state index contributed by atoms with van der Waals surface area (Å²) in [6.45, 7) is 6.54. The zero-order valence-corrected chi connectivity index (χ0v) is 17.1. The molecule has 2 N–H and O–H groups in total. The van der Waals surface area contributed by atoms with Crippen molar-refractivity contribution < 1.29 is 14.3 Å².